The molecule has 0 aromatic rings. The van der Waals surface area contributed by atoms with E-state index in [-0.39, 0.29) is 6.10 Å². The van der Waals surface area contributed by atoms with Crippen molar-refractivity contribution in [1.29, 1.82) is 0 Å². The Morgan fingerprint density at radius 1 is 1.75 bits per heavy atom. The number of ether oxygens (including phenoxy) is 1. The van der Waals surface area contributed by atoms with Crippen LogP contribution in [0, 0.1) is 0 Å². The molecular formula is C8H18N2O2. The number of hydrogen-bond donors (Lipinski definition) is 2. The summed E-state index contributed by atoms with van der Waals surface area (Å²) in [5.74, 6) is 0. The third-order valence-electron chi connectivity index (χ3n) is 2.07. The molecule has 2 atom stereocenters. The minimum Gasteiger partial charge on any atom is -0.390 e. The highest BCUT2D eigenvalue weighted by Crippen LogP contribution is 2.04. The van der Waals surface area contributed by atoms with E-state index in [0.29, 0.717) is 13.1 Å². The second kappa shape index (κ2) is 4.77. The standard InChI is InChI=1S/C8H18N2O2/c1-7-5-10(2-3-12-7)6-8(11)4-9/h7-8,11H,2-6,9H2,1H3. The van der Waals surface area contributed by atoms with Gasteiger partial charge in [0.05, 0.1) is 18.8 Å². The molecule has 0 radical (unpaired) electrons. The lowest BCUT2D eigenvalue weighted by atomic mass is 10.2. The zero-order chi connectivity index (χ0) is 8.97. The Bertz CT molecular complexity index is 132. The fraction of sp³-hybridized carbons (Fsp3) is 1.00. The first-order chi connectivity index (χ1) is 5.72. The minimum absolute atomic E-state index is 0.281. The number of nitrogens with two attached hydrogens (primary N) is 1. The highest BCUT2D eigenvalue weighted by Gasteiger charge is 2.18. The monoisotopic (exact) mass is 174 g/mol. The summed E-state index contributed by atoms with van der Waals surface area (Å²) in [5.41, 5.74) is 5.32. The van der Waals surface area contributed by atoms with Gasteiger partial charge in [0, 0.05) is 26.2 Å². The normalized spacial score (nSPS) is 28.8. The topological polar surface area (TPSA) is 58.7 Å². The maximum absolute atomic E-state index is 9.29. The van der Waals surface area contributed by atoms with Gasteiger partial charge in [0.25, 0.3) is 0 Å². The van der Waals surface area contributed by atoms with Crippen LogP contribution in [0.25, 0.3) is 0 Å². The molecule has 0 aromatic heterocycles. The molecule has 1 fully saturated rings. The SMILES string of the molecule is CC1CN(CC(O)CN)CCO1. The second-order valence-corrected chi connectivity index (χ2v) is 3.33. The van der Waals surface area contributed by atoms with Crippen molar-refractivity contribution in [2.45, 2.75) is 19.1 Å². The molecule has 72 valence electrons. The van der Waals surface area contributed by atoms with Crippen LogP contribution >= 0.6 is 0 Å². The van der Waals surface area contributed by atoms with Gasteiger partial charge in [0.15, 0.2) is 0 Å². The lowest BCUT2D eigenvalue weighted by molar-refractivity contribution is -0.0305. The fourth-order valence-electron chi connectivity index (χ4n) is 1.43. The van der Waals surface area contributed by atoms with Crippen molar-refractivity contribution in [3.8, 4) is 0 Å². The van der Waals surface area contributed by atoms with Crippen molar-refractivity contribution >= 4 is 0 Å². The average molecular weight is 174 g/mol. The fourth-order valence-corrected chi connectivity index (χ4v) is 1.43. The Balaban J connectivity index is 2.22. The third kappa shape index (κ3) is 3.06. The molecule has 3 N–H and O–H groups in total. The van der Waals surface area contributed by atoms with E-state index in [1.54, 1.807) is 0 Å². The number of rotatable bonds is 3. The lowest BCUT2D eigenvalue weighted by Gasteiger charge is -2.32. The molecule has 1 aliphatic rings. The summed E-state index contributed by atoms with van der Waals surface area (Å²) in [5, 5.41) is 9.29. The van der Waals surface area contributed by atoms with Gasteiger partial charge >= 0.3 is 0 Å². The van der Waals surface area contributed by atoms with Crippen molar-refractivity contribution < 1.29 is 9.84 Å². The molecule has 0 bridgehead atoms. The summed E-state index contributed by atoms with van der Waals surface area (Å²) in [7, 11) is 0. The summed E-state index contributed by atoms with van der Waals surface area (Å²) in [6.07, 6.45) is -0.112. The highest BCUT2D eigenvalue weighted by atomic mass is 16.5. The maximum Gasteiger partial charge on any atom is 0.0789 e. The quantitative estimate of drug-likeness (QED) is 0.578. The molecular weight excluding hydrogens is 156 g/mol. The molecule has 0 amide bonds. The van der Waals surface area contributed by atoms with Crippen LogP contribution in [0.4, 0.5) is 0 Å². The number of nitrogens with zero attached hydrogens (tertiary/aromatic N) is 1. The van der Waals surface area contributed by atoms with Gasteiger partial charge in [-0.05, 0) is 6.92 Å². The number of aliphatic hydroxyl groups excluding tert-OH is 1. The third-order valence-corrected chi connectivity index (χ3v) is 2.07. The summed E-state index contributed by atoms with van der Waals surface area (Å²) in [4.78, 5) is 2.19. The first-order valence-corrected chi connectivity index (χ1v) is 4.44. The van der Waals surface area contributed by atoms with Crippen molar-refractivity contribution in [2.24, 2.45) is 5.73 Å². The molecule has 1 saturated heterocycles. The number of morpholine rings is 1. The average Bonchev–Trinajstić information content (AvgIpc) is 2.04. The van der Waals surface area contributed by atoms with E-state index in [4.69, 9.17) is 10.5 Å². The molecule has 12 heavy (non-hydrogen) atoms. The molecule has 0 aliphatic carbocycles. The van der Waals surface area contributed by atoms with Crippen LogP contribution in [0.3, 0.4) is 0 Å². The molecule has 1 heterocycles. The molecule has 0 aromatic carbocycles. The first kappa shape index (κ1) is 9.92. The molecule has 1 aliphatic heterocycles. The predicted octanol–water partition coefficient (Wildman–Crippen LogP) is -0.973. The van der Waals surface area contributed by atoms with Gasteiger partial charge in [-0.2, -0.15) is 0 Å². The Morgan fingerprint density at radius 3 is 3.08 bits per heavy atom. The number of aliphatic hydroxyl groups is 1. The van der Waals surface area contributed by atoms with Gasteiger partial charge in [0.2, 0.25) is 0 Å². The van der Waals surface area contributed by atoms with E-state index < -0.39 is 6.10 Å². The van der Waals surface area contributed by atoms with E-state index in [9.17, 15) is 5.11 Å². The molecule has 1 rings (SSSR count). The lowest BCUT2D eigenvalue weighted by Crippen LogP contribution is -2.45. The molecule has 0 saturated carbocycles. The molecule has 4 heteroatoms. The summed E-state index contributed by atoms with van der Waals surface area (Å²) < 4.78 is 5.37. The molecule has 2 unspecified atom stereocenters. The van der Waals surface area contributed by atoms with Crippen molar-refractivity contribution in [3.05, 3.63) is 0 Å². The van der Waals surface area contributed by atoms with Crippen LogP contribution < -0.4 is 5.73 Å². The van der Waals surface area contributed by atoms with Crippen LogP contribution in [0.15, 0.2) is 0 Å². The largest absolute Gasteiger partial charge is 0.390 e. The Kier molecular flexibility index (Phi) is 3.94. The summed E-state index contributed by atoms with van der Waals surface area (Å²) in [6.45, 7) is 5.62. The summed E-state index contributed by atoms with van der Waals surface area (Å²) in [6, 6.07) is 0. The van der Waals surface area contributed by atoms with Crippen LogP contribution in [-0.4, -0.2) is 55.0 Å². The van der Waals surface area contributed by atoms with Gasteiger partial charge in [-0.3, -0.25) is 4.90 Å². The van der Waals surface area contributed by atoms with Crippen LogP contribution in [0.2, 0.25) is 0 Å². The zero-order valence-corrected chi connectivity index (χ0v) is 7.57. The van der Waals surface area contributed by atoms with Crippen molar-refractivity contribution in [1.82, 2.24) is 4.90 Å². The number of β-amino-alcohol motifs (C(OH)–C–C–N with tert-alkyl or cyclic N) is 1. The van der Waals surface area contributed by atoms with Crippen LogP contribution in [-0.2, 0) is 4.74 Å². The van der Waals surface area contributed by atoms with E-state index >= 15 is 0 Å². The zero-order valence-electron chi connectivity index (χ0n) is 7.57. The van der Waals surface area contributed by atoms with E-state index in [2.05, 4.69) is 4.90 Å². The van der Waals surface area contributed by atoms with E-state index in [1.807, 2.05) is 6.92 Å². The predicted molar refractivity (Wildman–Crippen MR) is 46.9 cm³/mol. The first-order valence-electron chi connectivity index (χ1n) is 4.44. The van der Waals surface area contributed by atoms with Gasteiger partial charge in [-0.25, -0.2) is 0 Å². The smallest absolute Gasteiger partial charge is 0.0789 e. The Hall–Kier alpha value is -0.160. The molecule has 0 spiro atoms. The Labute approximate surface area is 73.3 Å². The van der Waals surface area contributed by atoms with Gasteiger partial charge < -0.3 is 15.6 Å². The second-order valence-electron chi connectivity index (χ2n) is 3.33. The van der Waals surface area contributed by atoms with E-state index in [1.165, 1.54) is 0 Å². The van der Waals surface area contributed by atoms with Gasteiger partial charge in [-0.15, -0.1) is 0 Å². The summed E-state index contributed by atoms with van der Waals surface area (Å²) >= 11 is 0. The van der Waals surface area contributed by atoms with Gasteiger partial charge in [0.1, 0.15) is 0 Å². The highest BCUT2D eigenvalue weighted by molar-refractivity contribution is 4.71. The van der Waals surface area contributed by atoms with Crippen LogP contribution in [0.5, 0.6) is 0 Å². The number of hydrogen-bond acceptors (Lipinski definition) is 4. The maximum atomic E-state index is 9.29. The molecule has 4 nitrogen and oxygen atoms in total. The minimum atomic E-state index is -0.393. The van der Waals surface area contributed by atoms with Gasteiger partial charge in [-0.1, -0.05) is 0 Å². The van der Waals surface area contributed by atoms with Crippen LogP contribution in [0.1, 0.15) is 6.92 Å². The van der Waals surface area contributed by atoms with Crippen molar-refractivity contribution in [3.63, 3.8) is 0 Å². The van der Waals surface area contributed by atoms with Crippen molar-refractivity contribution in [2.75, 3.05) is 32.8 Å². The van der Waals surface area contributed by atoms with E-state index in [0.717, 1.165) is 19.7 Å². The Morgan fingerprint density at radius 2 is 2.50 bits per heavy atom.